The van der Waals surface area contributed by atoms with E-state index in [4.69, 9.17) is 14.2 Å². The Hall–Kier alpha value is -2.86. The molecule has 0 atom stereocenters. The van der Waals surface area contributed by atoms with Gasteiger partial charge in [0.1, 0.15) is 5.75 Å². The third-order valence-corrected chi connectivity index (χ3v) is 3.27. The molecule has 0 aliphatic rings. The monoisotopic (exact) mass is 343 g/mol. The molecule has 0 fully saturated rings. The lowest BCUT2D eigenvalue weighted by Crippen LogP contribution is -2.21. The zero-order valence-corrected chi connectivity index (χ0v) is 14.3. The Morgan fingerprint density at radius 1 is 1.08 bits per heavy atom. The van der Waals surface area contributed by atoms with Crippen LogP contribution in [0.1, 0.15) is 22.8 Å². The van der Waals surface area contributed by atoms with Gasteiger partial charge in [-0.25, -0.2) is 4.79 Å². The summed E-state index contributed by atoms with van der Waals surface area (Å²) in [6, 6.07) is 14.0. The van der Waals surface area contributed by atoms with E-state index < -0.39 is 11.9 Å². The molecule has 0 unspecified atom stereocenters. The zero-order chi connectivity index (χ0) is 18.1. The zero-order valence-electron chi connectivity index (χ0n) is 14.3. The molecule has 2 aromatic rings. The summed E-state index contributed by atoms with van der Waals surface area (Å²) in [5.74, 6) is -0.434. The number of hydrogen-bond donors (Lipinski definition) is 1. The van der Waals surface area contributed by atoms with Crippen molar-refractivity contribution >= 4 is 17.6 Å². The van der Waals surface area contributed by atoms with Crippen LogP contribution in [0.4, 0.5) is 5.69 Å². The Bertz CT molecular complexity index is 729. The van der Waals surface area contributed by atoms with Gasteiger partial charge in [-0.15, -0.1) is 0 Å². The molecule has 0 aliphatic carbocycles. The van der Waals surface area contributed by atoms with Gasteiger partial charge < -0.3 is 19.5 Å². The van der Waals surface area contributed by atoms with Gasteiger partial charge in [-0.1, -0.05) is 24.3 Å². The maximum Gasteiger partial charge on any atom is 0.338 e. The van der Waals surface area contributed by atoms with Gasteiger partial charge in [-0.05, 0) is 36.8 Å². The number of esters is 1. The largest absolute Gasteiger partial charge is 0.492 e. The van der Waals surface area contributed by atoms with Gasteiger partial charge >= 0.3 is 5.97 Å². The van der Waals surface area contributed by atoms with E-state index in [0.717, 1.165) is 5.56 Å². The maximum absolute atomic E-state index is 12.1. The van der Waals surface area contributed by atoms with Crippen molar-refractivity contribution < 1.29 is 23.8 Å². The van der Waals surface area contributed by atoms with E-state index in [-0.39, 0.29) is 6.61 Å². The molecule has 0 spiro atoms. The Balaban J connectivity index is 1.91. The van der Waals surface area contributed by atoms with E-state index in [1.807, 2.05) is 19.1 Å². The van der Waals surface area contributed by atoms with Crippen LogP contribution < -0.4 is 10.1 Å². The Morgan fingerprint density at radius 3 is 2.64 bits per heavy atom. The van der Waals surface area contributed by atoms with E-state index in [2.05, 4.69) is 5.32 Å². The number of anilines is 1. The van der Waals surface area contributed by atoms with Crippen molar-refractivity contribution in [2.24, 2.45) is 0 Å². The van der Waals surface area contributed by atoms with Crippen LogP contribution in [0, 0.1) is 0 Å². The number of hydrogen-bond acceptors (Lipinski definition) is 5. The number of carbonyl (C=O) groups is 2. The van der Waals surface area contributed by atoms with Crippen molar-refractivity contribution in [3.8, 4) is 5.75 Å². The van der Waals surface area contributed by atoms with Crippen LogP contribution >= 0.6 is 0 Å². The quantitative estimate of drug-likeness (QED) is 0.746. The molecule has 25 heavy (non-hydrogen) atoms. The van der Waals surface area contributed by atoms with E-state index >= 15 is 0 Å². The lowest BCUT2D eigenvalue weighted by molar-refractivity contribution is -0.119. The van der Waals surface area contributed by atoms with Gasteiger partial charge in [0, 0.05) is 7.11 Å². The molecule has 6 nitrogen and oxygen atoms in total. The summed E-state index contributed by atoms with van der Waals surface area (Å²) < 4.78 is 15.5. The number of nitrogens with one attached hydrogen (secondary N) is 1. The number of ether oxygens (including phenoxy) is 3. The molecule has 0 bridgehead atoms. The number of para-hydroxylation sites is 2. The molecule has 132 valence electrons. The topological polar surface area (TPSA) is 73.9 Å². The second-order valence-electron chi connectivity index (χ2n) is 5.19. The second kappa shape index (κ2) is 9.44. The fraction of sp³-hybridized carbons (Fsp3) is 0.263. The first-order chi connectivity index (χ1) is 12.1. The highest BCUT2D eigenvalue weighted by Gasteiger charge is 2.12. The van der Waals surface area contributed by atoms with Gasteiger partial charge in [0.25, 0.3) is 5.91 Å². The predicted molar refractivity (Wildman–Crippen MR) is 93.7 cm³/mol. The summed E-state index contributed by atoms with van der Waals surface area (Å²) in [7, 11) is 1.58. The van der Waals surface area contributed by atoms with Crippen molar-refractivity contribution in [2.75, 3.05) is 25.6 Å². The SMILES string of the molecule is CCOc1ccccc1NC(=O)COC(=O)c1cccc(COC)c1. The first-order valence-electron chi connectivity index (χ1n) is 7.90. The number of benzene rings is 2. The summed E-state index contributed by atoms with van der Waals surface area (Å²) in [5.41, 5.74) is 1.76. The van der Waals surface area contributed by atoms with E-state index in [1.165, 1.54) is 0 Å². The van der Waals surface area contributed by atoms with Crippen LogP contribution in [0.25, 0.3) is 0 Å². The molecule has 2 rings (SSSR count). The average Bonchev–Trinajstić information content (AvgIpc) is 2.62. The molecule has 0 radical (unpaired) electrons. The highest BCUT2D eigenvalue weighted by Crippen LogP contribution is 2.23. The molecule has 2 aromatic carbocycles. The third kappa shape index (κ3) is 5.61. The molecular weight excluding hydrogens is 322 g/mol. The number of rotatable bonds is 8. The second-order valence-corrected chi connectivity index (χ2v) is 5.19. The first kappa shape index (κ1) is 18.5. The van der Waals surface area contributed by atoms with Crippen molar-refractivity contribution in [1.29, 1.82) is 0 Å². The van der Waals surface area contributed by atoms with Crippen LogP contribution in [-0.4, -0.2) is 32.2 Å². The normalized spacial score (nSPS) is 10.2. The molecule has 0 saturated heterocycles. The minimum atomic E-state index is -0.564. The van der Waals surface area contributed by atoms with Crippen molar-refractivity contribution in [2.45, 2.75) is 13.5 Å². The highest BCUT2D eigenvalue weighted by molar-refractivity contribution is 5.96. The summed E-state index contributed by atoms with van der Waals surface area (Å²) in [5, 5.41) is 2.67. The maximum atomic E-state index is 12.1. The van der Waals surface area contributed by atoms with E-state index in [1.54, 1.807) is 43.5 Å². The smallest absolute Gasteiger partial charge is 0.338 e. The highest BCUT2D eigenvalue weighted by atomic mass is 16.5. The summed E-state index contributed by atoms with van der Waals surface area (Å²) in [6.45, 7) is 2.36. The minimum Gasteiger partial charge on any atom is -0.492 e. The van der Waals surface area contributed by atoms with Crippen LogP contribution in [0.15, 0.2) is 48.5 Å². The van der Waals surface area contributed by atoms with Gasteiger partial charge in [0.15, 0.2) is 6.61 Å². The molecule has 0 aliphatic heterocycles. The number of methoxy groups -OCH3 is 1. The van der Waals surface area contributed by atoms with Crippen molar-refractivity contribution in [1.82, 2.24) is 0 Å². The van der Waals surface area contributed by atoms with Crippen LogP contribution in [-0.2, 0) is 20.9 Å². The molecule has 6 heteroatoms. The van der Waals surface area contributed by atoms with Gasteiger partial charge in [-0.3, -0.25) is 4.79 Å². The van der Waals surface area contributed by atoms with Crippen molar-refractivity contribution in [3.05, 3.63) is 59.7 Å². The fourth-order valence-corrected chi connectivity index (χ4v) is 2.21. The third-order valence-electron chi connectivity index (χ3n) is 3.27. The number of amides is 1. The molecule has 0 saturated carbocycles. The minimum absolute atomic E-state index is 0.372. The lowest BCUT2D eigenvalue weighted by Gasteiger charge is -2.11. The van der Waals surface area contributed by atoms with Crippen LogP contribution in [0.3, 0.4) is 0 Å². The Kier molecular flexibility index (Phi) is 6.98. The number of carbonyl (C=O) groups excluding carboxylic acids is 2. The Morgan fingerprint density at radius 2 is 1.88 bits per heavy atom. The fourth-order valence-electron chi connectivity index (χ4n) is 2.21. The van der Waals surface area contributed by atoms with Gasteiger partial charge in [-0.2, -0.15) is 0 Å². The Labute approximate surface area is 146 Å². The van der Waals surface area contributed by atoms with E-state index in [0.29, 0.717) is 30.2 Å². The standard InChI is InChI=1S/C19H21NO5/c1-3-24-17-10-5-4-9-16(17)20-18(21)13-25-19(22)15-8-6-7-14(11-15)12-23-2/h4-11H,3,12-13H2,1-2H3,(H,20,21). The summed E-state index contributed by atoms with van der Waals surface area (Å²) in [6.07, 6.45) is 0. The van der Waals surface area contributed by atoms with Crippen molar-refractivity contribution in [3.63, 3.8) is 0 Å². The van der Waals surface area contributed by atoms with Gasteiger partial charge in [0.05, 0.1) is 24.5 Å². The summed E-state index contributed by atoms with van der Waals surface area (Å²) >= 11 is 0. The summed E-state index contributed by atoms with van der Waals surface area (Å²) in [4.78, 5) is 24.1. The first-order valence-corrected chi connectivity index (χ1v) is 7.90. The average molecular weight is 343 g/mol. The molecule has 1 N–H and O–H groups in total. The van der Waals surface area contributed by atoms with E-state index in [9.17, 15) is 9.59 Å². The molecule has 0 aromatic heterocycles. The van der Waals surface area contributed by atoms with Crippen LogP contribution in [0.2, 0.25) is 0 Å². The van der Waals surface area contributed by atoms with Gasteiger partial charge in [0.2, 0.25) is 0 Å². The molecule has 1 amide bonds. The predicted octanol–water partition coefficient (Wildman–Crippen LogP) is 3.03. The molecular formula is C19H21NO5. The van der Waals surface area contributed by atoms with Crippen LogP contribution in [0.5, 0.6) is 5.75 Å². The lowest BCUT2D eigenvalue weighted by atomic mass is 10.1. The molecule has 0 heterocycles.